The van der Waals surface area contributed by atoms with Gasteiger partial charge in [0.25, 0.3) is 6.29 Å². The maximum absolute atomic E-state index is 12.7. The lowest BCUT2D eigenvalue weighted by atomic mass is 10.0. The van der Waals surface area contributed by atoms with Crippen LogP contribution in [0, 0.1) is 0 Å². The molecule has 1 N–H and O–H groups in total. The molecule has 0 aliphatic carbocycles. The van der Waals surface area contributed by atoms with E-state index in [0.717, 1.165) is 51.4 Å². The summed E-state index contributed by atoms with van der Waals surface area (Å²) in [4.78, 5) is 37.1. The van der Waals surface area contributed by atoms with E-state index in [9.17, 15) is 19.5 Å². The molecule has 0 aromatic heterocycles. The molecule has 0 aromatic rings. The molecule has 0 saturated carbocycles. The predicted octanol–water partition coefficient (Wildman–Crippen LogP) is 11.9. The monoisotopic (exact) mass is 783 g/mol. The molecule has 0 rings (SSSR count). The highest BCUT2D eigenvalue weighted by Gasteiger charge is 2.25. The van der Waals surface area contributed by atoms with Crippen molar-refractivity contribution in [3.8, 4) is 0 Å². The molecule has 0 saturated heterocycles. The third-order valence-corrected chi connectivity index (χ3v) is 10.0. The van der Waals surface area contributed by atoms with E-state index in [1.807, 2.05) is 21.1 Å². The average molecular weight is 783 g/mol. The number of quaternary nitrogens is 1. The van der Waals surface area contributed by atoms with Crippen LogP contribution in [0.15, 0.2) is 12.2 Å². The molecule has 0 heterocycles. The standard InChI is InChI=1S/C46H87NO8/c1-6-8-10-12-14-16-18-20-22-23-25-26-28-30-32-34-36-43(48)53-40-42(41-54-46(45(50)51)52-39-38-47(3,4)5)55-44(49)37-35-33-31-29-27-24-21-19-17-15-13-11-9-7-2/h19,21,42,46H,6-18,20,22-41H2,1-5H3/p+1/b21-19-. The zero-order valence-corrected chi connectivity index (χ0v) is 36.6. The summed E-state index contributed by atoms with van der Waals surface area (Å²) in [6.45, 7) is 4.87. The van der Waals surface area contributed by atoms with Crippen LogP contribution < -0.4 is 0 Å². The minimum Gasteiger partial charge on any atom is -0.477 e. The topological polar surface area (TPSA) is 108 Å². The number of carboxylic acids is 1. The van der Waals surface area contributed by atoms with Crippen molar-refractivity contribution < 1.29 is 42.9 Å². The van der Waals surface area contributed by atoms with E-state index in [2.05, 4.69) is 26.0 Å². The SMILES string of the molecule is CCCCCCC/C=C\CCCCCCCC(=O)OC(COC(=O)CCCCCCCCCCCCCCCCCC)COC(OCC[N+](C)(C)C)C(=O)O. The highest BCUT2D eigenvalue weighted by molar-refractivity contribution is 5.71. The summed E-state index contributed by atoms with van der Waals surface area (Å²) < 4.78 is 22.7. The molecule has 0 aliphatic heterocycles. The van der Waals surface area contributed by atoms with Gasteiger partial charge in [0.05, 0.1) is 34.4 Å². The number of allylic oxidation sites excluding steroid dienone is 2. The van der Waals surface area contributed by atoms with Crippen molar-refractivity contribution in [2.45, 2.75) is 219 Å². The van der Waals surface area contributed by atoms with Gasteiger partial charge in [-0.15, -0.1) is 0 Å². The smallest absolute Gasteiger partial charge is 0.361 e. The fourth-order valence-corrected chi connectivity index (χ4v) is 6.42. The second-order valence-electron chi connectivity index (χ2n) is 16.7. The summed E-state index contributed by atoms with van der Waals surface area (Å²) in [5, 5.41) is 9.63. The molecule has 324 valence electrons. The van der Waals surface area contributed by atoms with Gasteiger partial charge in [-0.3, -0.25) is 9.59 Å². The predicted molar refractivity (Wildman–Crippen MR) is 226 cm³/mol. The molecular formula is C46H88NO8+. The van der Waals surface area contributed by atoms with Gasteiger partial charge >= 0.3 is 17.9 Å². The molecule has 0 bridgehead atoms. The van der Waals surface area contributed by atoms with Gasteiger partial charge in [-0.05, 0) is 38.5 Å². The van der Waals surface area contributed by atoms with Crippen molar-refractivity contribution in [2.24, 2.45) is 0 Å². The first kappa shape index (κ1) is 53.0. The fraction of sp³-hybridized carbons (Fsp3) is 0.891. The summed E-state index contributed by atoms with van der Waals surface area (Å²) in [5.74, 6) is -2.01. The van der Waals surface area contributed by atoms with Gasteiger partial charge in [0.2, 0.25) is 0 Å². The molecule has 0 aliphatic rings. The molecule has 2 atom stereocenters. The zero-order valence-electron chi connectivity index (χ0n) is 36.6. The number of likely N-dealkylation sites (N-methyl/N-ethyl adjacent to an activating group) is 1. The van der Waals surface area contributed by atoms with Crippen LogP contribution in [0.3, 0.4) is 0 Å². The number of carbonyl (C=O) groups is 3. The van der Waals surface area contributed by atoms with Crippen LogP contribution in [-0.2, 0) is 33.3 Å². The molecule has 0 radical (unpaired) electrons. The van der Waals surface area contributed by atoms with Crippen molar-refractivity contribution in [2.75, 3.05) is 47.5 Å². The Hall–Kier alpha value is -1.97. The minimum absolute atomic E-state index is 0.180. The number of hydrogen-bond acceptors (Lipinski definition) is 7. The Balaban J connectivity index is 4.41. The molecule has 0 fully saturated rings. The van der Waals surface area contributed by atoms with E-state index >= 15 is 0 Å². The highest BCUT2D eigenvalue weighted by atomic mass is 16.7. The van der Waals surface area contributed by atoms with Gasteiger partial charge < -0.3 is 28.5 Å². The van der Waals surface area contributed by atoms with E-state index in [0.29, 0.717) is 23.9 Å². The van der Waals surface area contributed by atoms with Crippen molar-refractivity contribution in [1.82, 2.24) is 0 Å². The Kier molecular flexibility index (Phi) is 37.5. The van der Waals surface area contributed by atoms with Gasteiger partial charge in [-0.2, -0.15) is 0 Å². The van der Waals surface area contributed by atoms with Crippen LogP contribution in [0.5, 0.6) is 0 Å². The van der Waals surface area contributed by atoms with E-state index < -0.39 is 24.3 Å². The number of aliphatic carboxylic acids is 1. The van der Waals surface area contributed by atoms with Gasteiger partial charge in [0.15, 0.2) is 6.10 Å². The molecule has 9 heteroatoms. The van der Waals surface area contributed by atoms with Crippen LogP contribution >= 0.6 is 0 Å². The molecule has 0 amide bonds. The largest absolute Gasteiger partial charge is 0.477 e. The molecule has 0 spiro atoms. The lowest BCUT2D eigenvalue weighted by Gasteiger charge is -2.25. The number of carboxylic acid groups (broad SMARTS) is 1. The Morgan fingerprint density at radius 2 is 0.927 bits per heavy atom. The number of nitrogens with zero attached hydrogens (tertiary/aromatic N) is 1. The van der Waals surface area contributed by atoms with Crippen molar-refractivity contribution in [1.29, 1.82) is 0 Å². The van der Waals surface area contributed by atoms with Crippen molar-refractivity contribution >= 4 is 17.9 Å². The Morgan fingerprint density at radius 3 is 1.35 bits per heavy atom. The minimum atomic E-state index is -1.51. The summed E-state index contributed by atoms with van der Waals surface area (Å²) >= 11 is 0. The van der Waals surface area contributed by atoms with Gasteiger partial charge in [0.1, 0.15) is 13.2 Å². The van der Waals surface area contributed by atoms with Crippen LogP contribution in [-0.4, -0.2) is 87.4 Å². The summed E-state index contributed by atoms with van der Waals surface area (Å²) in [7, 11) is 5.96. The van der Waals surface area contributed by atoms with Crippen LogP contribution in [0.25, 0.3) is 0 Å². The Morgan fingerprint density at radius 1 is 0.527 bits per heavy atom. The third kappa shape index (κ3) is 40.0. The quantitative estimate of drug-likeness (QED) is 0.0214. The molecule has 9 nitrogen and oxygen atoms in total. The van der Waals surface area contributed by atoms with Crippen molar-refractivity contribution in [3.63, 3.8) is 0 Å². The first-order valence-electron chi connectivity index (χ1n) is 22.9. The van der Waals surface area contributed by atoms with E-state index in [-0.39, 0.29) is 32.2 Å². The first-order valence-corrected chi connectivity index (χ1v) is 22.9. The first-order chi connectivity index (χ1) is 26.6. The number of rotatable bonds is 42. The van der Waals surface area contributed by atoms with Crippen LogP contribution in [0.4, 0.5) is 0 Å². The highest BCUT2D eigenvalue weighted by Crippen LogP contribution is 2.15. The molecule has 0 aromatic carbocycles. The van der Waals surface area contributed by atoms with E-state index in [4.69, 9.17) is 18.9 Å². The number of hydrogen-bond donors (Lipinski definition) is 1. The van der Waals surface area contributed by atoms with Gasteiger partial charge in [0, 0.05) is 12.8 Å². The summed E-state index contributed by atoms with van der Waals surface area (Å²) in [6, 6.07) is 0. The summed E-state index contributed by atoms with van der Waals surface area (Å²) in [6.07, 6.45) is 36.9. The average Bonchev–Trinajstić information content (AvgIpc) is 3.14. The normalized spacial score (nSPS) is 13.0. The van der Waals surface area contributed by atoms with Crippen LogP contribution in [0.1, 0.15) is 206 Å². The summed E-state index contributed by atoms with van der Waals surface area (Å²) in [5.41, 5.74) is 0. The Labute approximate surface area is 338 Å². The third-order valence-electron chi connectivity index (χ3n) is 10.0. The lowest BCUT2D eigenvalue weighted by molar-refractivity contribution is -0.870. The number of carbonyl (C=O) groups excluding carboxylic acids is 2. The maximum atomic E-state index is 12.7. The number of unbranched alkanes of at least 4 members (excludes halogenated alkanes) is 25. The molecular weight excluding hydrogens is 695 g/mol. The lowest BCUT2D eigenvalue weighted by Crippen LogP contribution is -2.40. The van der Waals surface area contributed by atoms with E-state index in [1.165, 1.54) is 122 Å². The van der Waals surface area contributed by atoms with Crippen molar-refractivity contribution in [3.05, 3.63) is 12.2 Å². The zero-order chi connectivity index (χ0) is 40.7. The molecule has 2 unspecified atom stereocenters. The fourth-order valence-electron chi connectivity index (χ4n) is 6.42. The Bertz CT molecular complexity index is 918. The van der Waals surface area contributed by atoms with Crippen LogP contribution in [0.2, 0.25) is 0 Å². The number of ether oxygens (including phenoxy) is 4. The second-order valence-corrected chi connectivity index (χ2v) is 16.7. The number of esters is 2. The molecule has 55 heavy (non-hydrogen) atoms. The second kappa shape index (κ2) is 38.9. The van der Waals surface area contributed by atoms with E-state index in [1.54, 1.807) is 0 Å². The maximum Gasteiger partial charge on any atom is 0.361 e. The van der Waals surface area contributed by atoms with Gasteiger partial charge in [-0.1, -0.05) is 167 Å². The van der Waals surface area contributed by atoms with Gasteiger partial charge in [-0.25, -0.2) is 4.79 Å².